The lowest BCUT2D eigenvalue weighted by Crippen LogP contribution is -2.39. The predicted octanol–water partition coefficient (Wildman–Crippen LogP) is 3.40. The summed E-state index contributed by atoms with van der Waals surface area (Å²) < 4.78 is 37.2. The van der Waals surface area contributed by atoms with Crippen molar-refractivity contribution in [3.63, 3.8) is 0 Å². The molecule has 2 aromatic carbocycles. The van der Waals surface area contributed by atoms with Crippen molar-refractivity contribution in [2.24, 2.45) is 4.99 Å². The van der Waals surface area contributed by atoms with Gasteiger partial charge in [-0.25, -0.2) is 9.79 Å². The molecular formula is C24H20F2N2O4S. The molecule has 0 spiro atoms. The second kappa shape index (κ2) is 9.50. The zero-order chi connectivity index (χ0) is 23.5. The molecule has 1 aliphatic rings. The van der Waals surface area contributed by atoms with Crippen molar-refractivity contribution in [1.82, 2.24) is 4.57 Å². The number of halogens is 2. The number of ether oxygens (including phenoxy) is 2. The molecule has 0 saturated carbocycles. The normalized spacial score (nSPS) is 15.9. The summed E-state index contributed by atoms with van der Waals surface area (Å²) in [4.78, 5) is 31.2. The van der Waals surface area contributed by atoms with Crippen molar-refractivity contribution in [1.29, 1.82) is 0 Å². The smallest absolute Gasteiger partial charge is 0.387 e. The SMILES string of the molecule is CCOC(=O)C1=C(C)N=c2s/c(=C/c3ccccc3OC(F)F)c(=O)n2C1c1ccccc1. The Morgan fingerprint density at radius 2 is 1.88 bits per heavy atom. The van der Waals surface area contributed by atoms with Crippen LogP contribution in [-0.4, -0.2) is 23.8 Å². The van der Waals surface area contributed by atoms with Crippen LogP contribution in [0.3, 0.4) is 0 Å². The number of benzene rings is 2. The third-order valence-electron chi connectivity index (χ3n) is 5.05. The van der Waals surface area contributed by atoms with Gasteiger partial charge >= 0.3 is 12.6 Å². The Morgan fingerprint density at radius 1 is 1.18 bits per heavy atom. The maximum absolute atomic E-state index is 13.5. The van der Waals surface area contributed by atoms with E-state index in [4.69, 9.17) is 4.74 Å². The van der Waals surface area contributed by atoms with Crippen LogP contribution >= 0.6 is 11.3 Å². The molecule has 0 N–H and O–H groups in total. The largest absolute Gasteiger partial charge is 0.463 e. The number of thiazole rings is 1. The molecule has 0 amide bonds. The number of esters is 1. The number of fused-ring (bicyclic) bond motifs is 1. The standard InChI is InChI=1S/C24H20F2N2O4S/c1-3-31-22(30)19-14(2)27-24-28(20(19)15-9-5-4-6-10-15)21(29)18(33-24)13-16-11-7-8-12-17(16)32-23(25)26/h4-13,20,23H,3H2,1-2H3/b18-13+. The fourth-order valence-corrected chi connectivity index (χ4v) is 4.72. The quantitative estimate of drug-likeness (QED) is 0.518. The molecule has 33 heavy (non-hydrogen) atoms. The van der Waals surface area contributed by atoms with Gasteiger partial charge in [0.25, 0.3) is 5.56 Å². The van der Waals surface area contributed by atoms with Crippen molar-refractivity contribution in [3.8, 4) is 5.75 Å². The zero-order valence-corrected chi connectivity index (χ0v) is 18.6. The van der Waals surface area contributed by atoms with Crippen LogP contribution in [0.1, 0.15) is 31.0 Å². The first-order chi connectivity index (χ1) is 15.9. The number of carbonyl (C=O) groups excluding carboxylic acids is 1. The van der Waals surface area contributed by atoms with Crippen molar-refractivity contribution in [2.45, 2.75) is 26.5 Å². The van der Waals surface area contributed by atoms with E-state index >= 15 is 0 Å². The van der Waals surface area contributed by atoms with Gasteiger partial charge in [-0.3, -0.25) is 9.36 Å². The molecule has 1 aromatic heterocycles. The van der Waals surface area contributed by atoms with Crippen molar-refractivity contribution >= 4 is 23.4 Å². The molecule has 0 saturated heterocycles. The summed E-state index contributed by atoms with van der Waals surface area (Å²) in [5, 5.41) is 0. The van der Waals surface area contributed by atoms with Crippen LogP contribution in [0.4, 0.5) is 8.78 Å². The predicted molar refractivity (Wildman–Crippen MR) is 120 cm³/mol. The Bertz CT molecular complexity index is 1390. The van der Waals surface area contributed by atoms with Gasteiger partial charge in [-0.2, -0.15) is 8.78 Å². The van der Waals surface area contributed by atoms with Gasteiger partial charge in [-0.15, -0.1) is 0 Å². The molecule has 4 rings (SSSR count). The van der Waals surface area contributed by atoms with Gasteiger partial charge in [0, 0.05) is 5.56 Å². The van der Waals surface area contributed by atoms with E-state index in [1.807, 2.05) is 30.3 Å². The van der Waals surface area contributed by atoms with Crippen LogP contribution in [0.15, 0.2) is 75.7 Å². The summed E-state index contributed by atoms with van der Waals surface area (Å²) in [5.41, 5.74) is 1.40. The molecule has 170 valence electrons. The van der Waals surface area contributed by atoms with Gasteiger partial charge in [-0.05, 0) is 31.6 Å². The maximum atomic E-state index is 13.5. The van der Waals surface area contributed by atoms with Crippen molar-refractivity contribution in [3.05, 3.63) is 96.7 Å². The molecule has 0 radical (unpaired) electrons. The van der Waals surface area contributed by atoms with E-state index < -0.39 is 24.2 Å². The average molecular weight is 470 g/mol. The summed E-state index contributed by atoms with van der Waals surface area (Å²) in [5.74, 6) is -0.584. The highest BCUT2D eigenvalue weighted by Gasteiger charge is 2.33. The Hall–Kier alpha value is -3.59. The van der Waals surface area contributed by atoms with Gasteiger partial charge in [0.1, 0.15) is 5.75 Å². The molecule has 6 nitrogen and oxygen atoms in total. The minimum Gasteiger partial charge on any atom is -0.463 e. The molecule has 1 unspecified atom stereocenters. The molecule has 3 aromatic rings. The van der Waals surface area contributed by atoms with E-state index in [0.717, 1.165) is 16.9 Å². The highest BCUT2D eigenvalue weighted by Crippen LogP contribution is 2.30. The van der Waals surface area contributed by atoms with E-state index in [2.05, 4.69) is 9.73 Å². The Kier molecular flexibility index (Phi) is 6.50. The minimum absolute atomic E-state index is 0.0404. The molecule has 0 aliphatic carbocycles. The Balaban J connectivity index is 1.93. The van der Waals surface area contributed by atoms with Crippen LogP contribution in [0.2, 0.25) is 0 Å². The molecule has 9 heteroatoms. The lowest BCUT2D eigenvalue weighted by Gasteiger charge is -2.24. The third kappa shape index (κ3) is 4.49. The summed E-state index contributed by atoms with van der Waals surface area (Å²) in [6.45, 7) is 0.598. The first kappa shape index (κ1) is 22.6. The number of carbonyl (C=O) groups is 1. The molecule has 1 aliphatic heterocycles. The third-order valence-corrected chi connectivity index (χ3v) is 6.04. The summed E-state index contributed by atoms with van der Waals surface area (Å²) in [7, 11) is 0. The summed E-state index contributed by atoms with van der Waals surface area (Å²) >= 11 is 1.11. The van der Waals surface area contributed by atoms with E-state index in [1.165, 1.54) is 16.7 Å². The number of nitrogens with zero attached hydrogens (tertiary/aromatic N) is 2. The Labute approximate surface area is 191 Å². The lowest BCUT2D eigenvalue weighted by atomic mass is 9.96. The average Bonchev–Trinajstić information content (AvgIpc) is 3.09. The first-order valence-electron chi connectivity index (χ1n) is 10.2. The van der Waals surface area contributed by atoms with Gasteiger partial charge in [0.15, 0.2) is 4.80 Å². The van der Waals surface area contributed by atoms with Gasteiger partial charge in [0.05, 0.1) is 28.5 Å². The molecule has 0 fully saturated rings. The van der Waals surface area contributed by atoms with Crippen LogP contribution < -0.4 is 19.6 Å². The van der Waals surface area contributed by atoms with Gasteiger partial charge in [-0.1, -0.05) is 59.9 Å². The highest BCUT2D eigenvalue weighted by atomic mass is 32.1. The molecule has 1 atom stereocenters. The number of alkyl halides is 2. The second-order valence-electron chi connectivity index (χ2n) is 7.13. The number of allylic oxidation sites excluding steroid dienone is 1. The maximum Gasteiger partial charge on any atom is 0.387 e. The topological polar surface area (TPSA) is 69.9 Å². The number of para-hydroxylation sites is 1. The fourth-order valence-electron chi connectivity index (χ4n) is 3.69. The second-order valence-corrected chi connectivity index (χ2v) is 8.14. The monoisotopic (exact) mass is 470 g/mol. The van der Waals surface area contributed by atoms with Crippen molar-refractivity contribution < 1.29 is 23.0 Å². The van der Waals surface area contributed by atoms with Gasteiger partial charge < -0.3 is 9.47 Å². The summed E-state index contributed by atoms with van der Waals surface area (Å²) in [6.07, 6.45) is 1.49. The van der Waals surface area contributed by atoms with Crippen molar-refractivity contribution in [2.75, 3.05) is 6.61 Å². The first-order valence-corrected chi connectivity index (χ1v) is 11.0. The number of hydrogen-bond acceptors (Lipinski definition) is 6. The minimum atomic E-state index is -2.99. The fraction of sp³-hybridized carbons (Fsp3) is 0.208. The van der Waals surface area contributed by atoms with E-state index in [9.17, 15) is 18.4 Å². The van der Waals surface area contributed by atoms with E-state index in [0.29, 0.717) is 16.1 Å². The van der Waals surface area contributed by atoms with Crippen LogP contribution in [0.25, 0.3) is 6.08 Å². The number of aromatic nitrogens is 1. The van der Waals surface area contributed by atoms with Crippen LogP contribution in [0.5, 0.6) is 5.75 Å². The number of rotatable bonds is 6. The van der Waals surface area contributed by atoms with Crippen LogP contribution in [0, 0.1) is 0 Å². The molecule has 0 bridgehead atoms. The zero-order valence-electron chi connectivity index (χ0n) is 17.8. The molecule has 2 heterocycles. The molecular weight excluding hydrogens is 450 g/mol. The highest BCUT2D eigenvalue weighted by molar-refractivity contribution is 7.07. The Morgan fingerprint density at radius 3 is 2.58 bits per heavy atom. The lowest BCUT2D eigenvalue weighted by molar-refractivity contribution is -0.139. The van der Waals surface area contributed by atoms with Crippen LogP contribution in [-0.2, 0) is 9.53 Å². The van der Waals surface area contributed by atoms with E-state index in [1.54, 1.807) is 32.0 Å². The number of hydrogen-bond donors (Lipinski definition) is 0. The van der Waals surface area contributed by atoms with E-state index in [-0.39, 0.29) is 22.5 Å². The summed E-state index contributed by atoms with van der Waals surface area (Å²) in [6, 6.07) is 14.6. The van der Waals surface area contributed by atoms with Gasteiger partial charge in [0.2, 0.25) is 0 Å².